The van der Waals surface area contributed by atoms with Crippen LogP contribution in [0.25, 0.3) is 0 Å². The Balaban J connectivity index is 1.85. The van der Waals surface area contributed by atoms with Crippen molar-refractivity contribution in [1.29, 1.82) is 0 Å². The Labute approximate surface area is 126 Å². The van der Waals surface area contributed by atoms with Crippen molar-refractivity contribution in [2.24, 2.45) is 0 Å². The molecule has 108 valence electrons. The third-order valence-corrected chi connectivity index (χ3v) is 4.34. The Kier molecular flexibility index (Phi) is 3.85. The van der Waals surface area contributed by atoms with Crippen molar-refractivity contribution in [1.82, 2.24) is 10.2 Å². The van der Waals surface area contributed by atoms with Gasteiger partial charge in [0.05, 0.1) is 4.47 Å². The van der Waals surface area contributed by atoms with E-state index in [1.54, 1.807) is 6.07 Å². The van der Waals surface area contributed by atoms with E-state index in [2.05, 4.69) is 21.2 Å². The van der Waals surface area contributed by atoms with Gasteiger partial charge in [0.2, 0.25) is 6.79 Å². The lowest BCUT2D eigenvalue weighted by Crippen LogP contribution is -2.40. The number of nitrogens with one attached hydrogen (secondary N) is 1. The molecule has 6 heteroatoms. The van der Waals surface area contributed by atoms with Gasteiger partial charge in [0.1, 0.15) is 0 Å². The molecule has 0 aliphatic carbocycles. The van der Waals surface area contributed by atoms with Crippen molar-refractivity contribution in [2.75, 3.05) is 26.9 Å². The number of amides is 1. The number of likely N-dealkylation sites (tertiary alicyclic amines) is 1. The number of hydrogen-bond acceptors (Lipinski definition) is 4. The summed E-state index contributed by atoms with van der Waals surface area (Å²) in [6.45, 7) is 1.85. The average molecular weight is 341 g/mol. The number of fused-ring (bicyclic) bond motifs is 1. The molecule has 1 atom stereocenters. The van der Waals surface area contributed by atoms with Crippen LogP contribution >= 0.6 is 15.9 Å². The molecule has 1 fully saturated rings. The molecule has 0 radical (unpaired) electrons. The first kappa shape index (κ1) is 13.7. The molecular formula is C14H17BrN2O3. The molecule has 1 saturated heterocycles. The van der Waals surface area contributed by atoms with E-state index in [4.69, 9.17) is 9.47 Å². The monoisotopic (exact) mass is 340 g/mol. The molecule has 0 spiro atoms. The predicted molar refractivity (Wildman–Crippen MR) is 78.3 cm³/mol. The summed E-state index contributed by atoms with van der Waals surface area (Å²) in [6, 6.07) is 3.85. The summed E-state index contributed by atoms with van der Waals surface area (Å²) in [5.74, 6) is 1.36. The summed E-state index contributed by atoms with van der Waals surface area (Å²) in [5.41, 5.74) is 0.643. The number of carbonyl (C=O) groups excluding carboxylic acids is 1. The van der Waals surface area contributed by atoms with Crippen LogP contribution in [0.4, 0.5) is 0 Å². The molecule has 0 unspecified atom stereocenters. The Bertz CT molecular complexity index is 535. The van der Waals surface area contributed by atoms with E-state index in [-0.39, 0.29) is 18.7 Å². The highest BCUT2D eigenvalue weighted by atomic mass is 79.9. The Morgan fingerprint density at radius 1 is 1.50 bits per heavy atom. The summed E-state index contributed by atoms with van der Waals surface area (Å²) in [5, 5.41) is 3.15. The zero-order valence-corrected chi connectivity index (χ0v) is 12.9. The molecule has 1 aromatic carbocycles. The third-order valence-electron chi connectivity index (χ3n) is 3.75. The molecular weight excluding hydrogens is 324 g/mol. The molecule has 0 bridgehead atoms. The van der Waals surface area contributed by atoms with Crippen LogP contribution in [0.3, 0.4) is 0 Å². The molecule has 1 N–H and O–H groups in total. The van der Waals surface area contributed by atoms with Crippen LogP contribution in [0, 0.1) is 0 Å². The second kappa shape index (κ2) is 5.61. The maximum atomic E-state index is 12.7. The van der Waals surface area contributed by atoms with Gasteiger partial charge in [0, 0.05) is 24.7 Å². The lowest BCUT2D eigenvalue weighted by Gasteiger charge is -2.24. The highest BCUT2D eigenvalue weighted by molar-refractivity contribution is 9.10. The van der Waals surface area contributed by atoms with Gasteiger partial charge in [-0.1, -0.05) is 0 Å². The van der Waals surface area contributed by atoms with Crippen molar-refractivity contribution in [3.05, 3.63) is 22.2 Å². The van der Waals surface area contributed by atoms with Gasteiger partial charge in [0.15, 0.2) is 11.5 Å². The molecule has 2 aliphatic heterocycles. The normalized spacial score (nSPS) is 20.5. The second-order valence-electron chi connectivity index (χ2n) is 5.04. The van der Waals surface area contributed by atoms with Gasteiger partial charge in [-0.3, -0.25) is 4.79 Å². The Morgan fingerprint density at radius 2 is 2.35 bits per heavy atom. The minimum absolute atomic E-state index is 0.0572. The van der Waals surface area contributed by atoms with Gasteiger partial charge in [-0.2, -0.15) is 0 Å². The standard InChI is InChI=1S/C14H17BrN2O3/c1-16-7-10-3-2-4-17(10)14(18)9-5-11(15)13-12(6-9)19-8-20-13/h5-6,10,16H,2-4,7-8H2,1H3/t10-/m1/s1. The number of carbonyl (C=O) groups is 1. The molecule has 20 heavy (non-hydrogen) atoms. The van der Waals surface area contributed by atoms with E-state index in [1.165, 1.54) is 0 Å². The lowest BCUT2D eigenvalue weighted by molar-refractivity contribution is 0.0736. The van der Waals surface area contributed by atoms with Crippen LogP contribution in [-0.4, -0.2) is 43.8 Å². The molecule has 1 amide bonds. The number of ether oxygens (including phenoxy) is 2. The van der Waals surface area contributed by atoms with Crippen molar-refractivity contribution in [3.8, 4) is 11.5 Å². The Hall–Kier alpha value is -1.27. The summed E-state index contributed by atoms with van der Waals surface area (Å²) in [6.07, 6.45) is 2.11. The van der Waals surface area contributed by atoms with Gasteiger partial charge in [0.25, 0.3) is 5.91 Å². The summed E-state index contributed by atoms with van der Waals surface area (Å²) in [4.78, 5) is 14.6. The number of rotatable bonds is 3. The molecule has 5 nitrogen and oxygen atoms in total. The number of nitrogens with zero attached hydrogens (tertiary/aromatic N) is 1. The van der Waals surface area contributed by atoms with E-state index in [1.807, 2.05) is 18.0 Å². The van der Waals surface area contributed by atoms with Gasteiger partial charge >= 0.3 is 0 Å². The summed E-state index contributed by atoms with van der Waals surface area (Å²) < 4.78 is 11.5. The van der Waals surface area contributed by atoms with Crippen molar-refractivity contribution in [2.45, 2.75) is 18.9 Å². The van der Waals surface area contributed by atoms with Crippen LogP contribution in [0.15, 0.2) is 16.6 Å². The topological polar surface area (TPSA) is 50.8 Å². The molecule has 2 heterocycles. The summed E-state index contributed by atoms with van der Waals surface area (Å²) in [7, 11) is 1.91. The zero-order valence-electron chi connectivity index (χ0n) is 11.3. The van der Waals surface area contributed by atoms with Crippen LogP contribution in [-0.2, 0) is 0 Å². The predicted octanol–water partition coefficient (Wildman–Crippen LogP) is 2.00. The minimum Gasteiger partial charge on any atom is -0.454 e. The fourth-order valence-electron chi connectivity index (χ4n) is 2.81. The highest BCUT2D eigenvalue weighted by Gasteiger charge is 2.30. The van der Waals surface area contributed by atoms with Gasteiger partial charge in [-0.15, -0.1) is 0 Å². The fourth-order valence-corrected chi connectivity index (χ4v) is 3.36. The number of benzene rings is 1. The third kappa shape index (κ3) is 2.38. The minimum atomic E-state index is 0.0572. The van der Waals surface area contributed by atoms with E-state index >= 15 is 0 Å². The first-order chi connectivity index (χ1) is 9.70. The maximum Gasteiger partial charge on any atom is 0.254 e. The second-order valence-corrected chi connectivity index (χ2v) is 5.90. The fraction of sp³-hybridized carbons (Fsp3) is 0.500. The van der Waals surface area contributed by atoms with Gasteiger partial charge in [-0.05, 0) is 48.0 Å². The molecule has 3 rings (SSSR count). The van der Waals surface area contributed by atoms with Crippen molar-refractivity contribution >= 4 is 21.8 Å². The molecule has 0 saturated carbocycles. The van der Waals surface area contributed by atoms with Crippen molar-refractivity contribution in [3.63, 3.8) is 0 Å². The zero-order chi connectivity index (χ0) is 14.1. The first-order valence-electron chi connectivity index (χ1n) is 6.75. The average Bonchev–Trinajstić information content (AvgIpc) is 3.07. The van der Waals surface area contributed by atoms with E-state index in [0.717, 1.165) is 30.4 Å². The van der Waals surface area contributed by atoms with E-state index in [0.29, 0.717) is 17.1 Å². The lowest BCUT2D eigenvalue weighted by atomic mass is 10.1. The Morgan fingerprint density at radius 3 is 3.15 bits per heavy atom. The smallest absolute Gasteiger partial charge is 0.254 e. The van der Waals surface area contributed by atoms with Crippen LogP contribution in [0.2, 0.25) is 0 Å². The number of likely N-dealkylation sites (N-methyl/N-ethyl adjacent to an activating group) is 1. The number of hydrogen-bond donors (Lipinski definition) is 1. The van der Waals surface area contributed by atoms with Gasteiger partial charge in [-0.25, -0.2) is 0 Å². The first-order valence-corrected chi connectivity index (χ1v) is 7.54. The quantitative estimate of drug-likeness (QED) is 0.914. The highest BCUT2D eigenvalue weighted by Crippen LogP contribution is 2.40. The SMILES string of the molecule is CNC[C@H]1CCCN1C(=O)c1cc(Br)c2c(c1)OCO2. The van der Waals surface area contributed by atoms with Crippen LogP contribution in [0.1, 0.15) is 23.2 Å². The van der Waals surface area contributed by atoms with E-state index < -0.39 is 0 Å². The maximum absolute atomic E-state index is 12.7. The van der Waals surface area contributed by atoms with Crippen LogP contribution < -0.4 is 14.8 Å². The molecule has 0 aromatic heterocycles. The summed E-state index contributed by atoms with van der Waals surface area (Å²) >= 11 is 3.43. The molecule has 1 aromatic rings. The van der Waals surface area contributed by atoms with E-state index in [9.17, 15) is 4.79 Å². The van der Waals surface area contributed by atoms with Crippen LogP contribution in [0.5, 0.6) is 11.5 Å². The molecule has 2 aliphatic rings. The van der Waals surface area contributed by atoms with Gasteiger partial charge < -0.3 is 19.7 Å². The largest absolute Gasteiger partial charge is 0.454 e. The number of halogens is 1. The van der Waals surface area contributed by atoms with Crippen molar-refractivity contribution < 1.29 is 14.3 Å².